The van der Waals surface area contributed by atoms with Gasteiger partial charge in [0.1, 0.15) is 6.04 Å². The fourth-order valence-electron chi connectivity index (χ4n) is 2.36. The molecule has 3 nitrogen and oxygen atoms in total. The van der Waals surface area contributed by atoms with Crippen molar-refractivity contribution in [1.29, 1.82) is 0 Å². The van der Waals surface area contributed by atoms with Crippen LogP contribution in [0.15, 0.2) is 18.2 Å². The van der Waals surface area contributed by atoms with Crippen LogP contribution in [0.1, 0.15) is 36.4 Å². The molecule has 1 heterocycles. The van der Waals surface area contributed by atoms with Gasteiger partial charge < -0.3 is 5.32 Å². The number of fused-ring (bicyclic) bond motifs is 1. The lowest BCUT2D eigenvalue weighted by Crippen LogP contribution is -2.40. The molecule has 0 bridgehead atoms. The van der Waals surface area contributed by atoms with E-state index >= 15 is 0 Å². The van der Waals surface area contributed by atoms with Crippen molar-refractivity contribution in [2.75, 3.05) is 5.32 Å². The summed E-state index contributed by atoms with van der Waals surface area (Å²) in [5.74, 6) is 0.0903. The number of benzene rings is 1. The zero-order valence-electron chi connectivity index (χ0n) is 9.42. The van der Waals surface area contributed by atoms with Crippen LogP contribution in [0, 0.1) is 6.92 Å². The molecule has 1 unspecified atom stereocenters. The topological polar surface area (TPSA) is 41.1 Å². The minimum absolute atomic E-state index is 0.0903. The van der Waals surface area contributed by atoms with Gasteiger partial charge in [0.05, 0.1) is 0 Å². The predicted octanol–water partition coefficient (Wildman–Crippen LogP) is 2.13. The van der Waals surface area contributed by atoms with Gasteiger partial charge in [-0.1, -0.05) is 24.1 Å². The zero-order chi connectivity index (χ0) is 11.1. The Kier molecular flexibility index (Phi) is 2.21. The fraction of sp³-hybridized carbons (Fsp3) is 0.462. The highest BCUT2D eigenvalue weighted by Gasteiger charge is 2.33. The summed E-state index contributed by atoms with van der Waals surface area (Å²) in [6.45, 7) is 2.06. The van der Waals surface area contributed by atoms with Crippen molar-refractivity contribution in [3.63, 3.8) is 0 Å². The zero-order valence-corrected chi connectivity index (χ0v) is 9.42. The maximum absolute atomic E-state index is 11.8. The van der Waals surface area contributed by atoms with Crippen molar-refractivity contribution in [3.8, 4) is 0 Å². The number of hydrogen-bond acceptors (Lipinski definition) is 2. The molecule has 16 heavy (non-hydrogen) atoms. The van der Waals surface area contributed by atoms with Gasteiger partial charge in [0.2, 0.25) is 5.91 Å². The average molecular weight is 216 g/mol. The van der Waals surface area contributed by atoms with Crippen LogP contribution in [0.4, 0.5) is 5.69 Å². The van der Waals surface area contributed by atoms with Gasteiger partial charge in [0, 0.05) is 17.3 Å². The van der Waals surface area contributed by atoms with Gasteiger partial charge in [-0.3, -0.25) is 10.1 Å². The van der Waals surface area contributed by atoms with Gasteiger partial charge in [0.25, 0.3) is 0 Å². The standard InChI is InChI=1S/C13H16N2O/c1-8-5-6-11-10(7-8)12(13(16)15-11)14-9-3-2-4-9/h5-7,9,12,14H,2-4H2,1H3,(H,15,16). The van der Waals surface area contributed by atoms with E-state index in [1.54, 1.807) is 0 Å². The first-order chi connectivity index (χ1) is 7.74. The second kappa shape index (κ2) is 3.59. The Morgan fingerprint density at radius 3 is 2.88 bits per heavy atom. The largest absolute Gasteiger partial charge is 0.324 e. The van der Waals surface area contributed by atoms with Gasteiger partial charge >= 0.3 is 0 Å². The molecule has 3 heteroatoms. The summed E-state index contributed by atoms with van der Waals surface area (Å²) in [6.07, 6.45) is 3.68. The molecule has 1 amide bonds. The van der Waals surface area contributed by atoms with Crippen LogP contribution in [-0.2, 0) is 4.79 Å². The predicted molar refractivity (Wildman–Crippen MR) is 63.3 cm³/mol. The minimum atomic E-state index is -0.139. The highest BCUT2D eigenvalue weighted by molar-refractivity contribution is 6.02. The van der Waals surface area contributed by atoms with Crippen LogP contribution in [0.2, 0.25) is 0 Å². The summed E-state index contributed by atoms with van der Waals surface area (Å²) < 4.78 is 0. The number of anilines is 1. The molecule has 1 aromatic rings. The van der Waals surface area contributed by atoms with Crippen LogP contribution >= 0.6 is 0 Å². The fourth-order valence-corrected chi connectivity index (χ4v) is 2.36. The van der Waals surface area contributed by atoms with Crippen LogP contribution in [0.25, 0.3) is 0 Å². The first kappa shape index (κ1) is 9.85. The Morgan fingerprint density at radius 2 is 2.19 bits per heavy atom. The molecule has 1 aliphatic heterocycles. The van der Waals surface area contributed by atoms with Crippen molar-refractivity contribution < 1.29 is 4.79 Å². The molecule has 1 atom stereocenters. The summed E-state index contributed by atoms with van der Waals surface area (Å²) in [5, 5.41) is 6.36. The first-order valence-corrected chi connectivity index (χ1v) is 5.91. The molecule has 2 aliphatic rings. The Morgan fingerprint density at radius 1 is 1.38 bits per heavy atom. The van der Waals surface area contributed by atoms with Gasteiger partial charge in [-0.15, -0.1) is 0 Å². The van der Waals surface area contributed by atoms with Gasteiger partial charge in [-0.25, -0.2) is 0 Å². The Balaban J connectivity index is 1.88. The molecule has 1 fully saturated rings. The van der Waals surface area contributed by atoms with Gasteiger partial charge in [0.15, 0.2) is 0 Å². The highest BCUT2D eigenvalue weighted by Crippen LogP contribution is 2.33. The van der Waals surface area contributed by atoms with E-state index in [0.29, 0.717) is 6.04 Å². The third kappa shape index (κ3) is 1.52. The number of amides is 1. The Bertz CT molecular complexity index is 438. The number of nitrogens with one attached hydrogen (secondary N) is 2. The Hall–Kier alpha value is -1.35. The molecule has 0 aromatic heterocycles. The maximum atomic E-state index is 11.8. The van der Waals surface area contributed by atoms with Crippen molar-refractivity contribution in [2.24, 2.45) is 0 Å². The first-order valence-electron chi connectivity index (χ1n) is 5.91. The monoisotopic (exact) mass is 216 g/mol. The number of carbonyl (C=O) groups is 1. The molecule has 0 spiro atoms. The Labute approximate surface area is 95.2 Å². The van der Waals surface area contributed by atoms with Crippen LogP contribution in [0.5, 0.6) is 0 Å². The van der Waals surface area contributed by atoms with Crippen molar-refractivity contribution in [1.82, 2.24) is 5.32 Å². The summed E-state index contributed by atoms with van der Waals surface area (Å²) in [7, 11) is 0. The lowest BCUT2D eigenvalue weighted by Gasteiger charge is -2.29. The third-order valence-corrected chi connectivity index (χ3v) is 3.55. The van der Waals surface area contributed by atoms with E-state index < -0.39 is 0 Å². The van der Waals surface area contributed by atoms with E-state index in [0.717, 1.165) is 11.3 Å². The van der Waals surface area contributed by atoms with E-state index in [1.165, 1.54) is 24.8 Å². The smallest absolute Gasteiger partial charge is 0.246 e. The summed E-state index contributed by atoms with van der Waals surface area (Å²) >= 11 is 0. The number of hydrogen-bond donors (Lipinski definition) is 2. The molecule has 1 aromatic carbocycles. The van der Waals surface area contributed by atoms with Crippen molar-refractivity contribution in [2.45, 2.75) is 38.3 Å². The minimum Gasteiger partial charge on any atom is -0.324 e. The molecular formula is C13H16N2O. The molecule has 84 valence electrons. The average Bonchev–Trinajstić information content (AvgIpc) is 2.48. The van der Waals surface area contributed by atoms with Crippen LogP contribution in [0.3, 0.4) is 0 Å². The van der Waals surface area contributed by atoms with Crippen molar-refractivity contribution >= 4 is 11.6 Å². The molecule has 1 aliphatic carbocycles. The SMILES string of the molecule is Cc1ccc2c(c1)C(NC1CCC1)C(=O)N2. The number of rotatable bonds is 2. The molecular weight excluding hydrogens is 200 g/mol. The molecule has 2 N–H and O–H groups in total. The number of carbonyl (C=O) groups excluding carboxylic acids is 1. The molecule has 0 saturated heterocycles. The third-order valence-electron chi connectivity index (χ3n) is 3.55. The second-order valence-electron chi connectivity index (χ2n) is 4.81. The summed E-state index contributed by atoms with van der Waals surface area (Å²) in [4.78, 5) is 11.8. The summed E-state index contributed by atoms with van der Waals surface area (Å²) in [5.41, 5.74) is 3.28. The normalized spacial score (nSPS) is 23.8. The molecule has 3 rings (SSSR count). The van der Waals surface area contributed by atoms with Crippen LogP contribution < -0.4 is 10.6 Å². The lowest BCUT2D eigenvalue weighted by molar-refractivity contribution is -0.118. The van der Waals surface area contributed by atoms with Crippen molar-refractivity contribution in [3.05, 3.63) is 29.3 Å². The van der Waals surface area contributed by atoms with E-state index in [9.17, 15) is 4.79 Å². The summed E-state index contributed by atoms with van der Waals surface area (Å²) in [6, 6.07) is 6.52. The van der Waals surface area contributed by atoms with Gasteiger partial charge in [-0.05, 0) is 25.8 Å². The lowest BCUT2D eigenvalue weighted by atomic mass is 9.91. The van der Waals surface area contributed by atoms with E-state index in [2.05, 4.69) is 23.6 Å². The van der Waals surface area contributed by atoms with E-state index in [1.807, 2.05) is 12.1 Å². The van der Waals surface area contributed by atoms with Gasteiger partial charge in [-0.2, -0.15) is 0 Å². The molecule has 0 radical (unpaired) electrons. The van der Waals surface area contributed by atoms with E-state index in [-0.39, 0.29) is 11.9 Å². The highest BCUT2D eigenvalue weighted by atomic mass is 16.2. The second-order valence-corrected chi connectivity index (χ2v) is 4.81. The maximum Gasteiger partial charge on any atom is 0.246 e. The molecule has 1 saturated carbocycles. The number of aryl methyl sites for hydroxylation is 1. The van der Waals surface area contributed by atoms with Crippen LogP contribution in [-0.4, -0.2) is 11.9 Å². The quantitative estimate of drug-likeness (QED) is 0.795. The van der Waals surface area contributed by atoms with E-state index in [4.69, 9.17) is 0 Å².